The lowest BCUT2D eigenvalue weighted by Gasteiger charge is -2.17. The van der Waals surface area contributed by atoms with Crippen LogP contribution in [-0.2, 0) is 4.79 Å². The van der Waals surface area contributed by atoms with E-state index >= 15 is 0 Å². The highest BCUT2D eigenvalue weighted by Gasteiger charge is 2.25. The summed E-state index contributed by atoms with van der Waals surface area (Å²) in [5, 5.41) is 32.4. The van der Waals surface area contributed by atoms with Gasteiger partial charge in [-0.15, -0.1) is 0 Å². The second-order valence-corrected chi connectivity index (χ2v) is 4.08. The Bertz CT molecular complexity index is 577. The number of nitro benzene ring substituents is 1. The number of amides is 2. The van der Waals surface area contributed by atoms with Crippen molar-refractivity contribution in [2.24, 2.45) is 0 Å². The van der Waals surface area contributed by atoms with Gasteiger partial charge in [-0.3, -0.25) is 10.1 Å². The van der Waals surface area contributed by atoms with Gasteiger partial charge < -0.3 is 20.8 Å². The molecule has 1 aromatic carbocycles. The molecule has 1 rings (SSSR count). The van der Waals surface area contributed by atoms with Crippen LogP contribution >= 0.6 is 0 Å². The van der Waals surface area contributed by atoms with Crippen molar-refractivity contribution in [3.05, 3.63) is 34.1 Å². The smallest absolute Gasteiger partial charge is 0.328 e. The van der Waals surface area contributed by atoms with Crippen LogP contribution in [0.1, 0.15) is 6.92 Å². The molecule has 2 amide bonds. The zero-order valence-corrected chi connectivity index (χ0v) is 10.7. The third-order valence-electron chi connectivity index (χ3n) is 2.44. The van der Waals surface area contributed by atoms with E-state index in [9.17, 15) is 29.2 Å². The van der Waals surface area contributed by atoms with Crippen molar-refractivity contribution >= 4 is 23.4 Å². The zero-order valence-electron chi connectivity index (χ0n) is 10.7. The normalized spacial score (nSPS) is 13.1. The first-order valence-electron chi connectivity index (χ1n) is 5.64. The molecule has 0 bridgehead atoms. The van der Waals surface area contributed by atoms with Crippen molar-refractivity contribution in [2.75, 3.05) is 5.32 Å². The number of aliphatic hydroxyl groups excluding tert-OH is 1. The maximum absolute atomic E-state index is 13.3. The number of carboxylic acid groups (broad SMARTS) is 1. The average Bonchev–Trinajstić information content (AvgIpc) is 2.34. The summed E-state index contributed by atoms with van der Waals surface area (Å²) in [5.41, 5.74) is -0.862. The molecular weight excluding hydrogens is 289 g/mol. The first-order chi connectivity index (χ1) is 9.72. The van der Waals surface area contributed by atoms with Crippen molar-refractivity contribution in [1.82, 2.24) is 5.32 Å². The van der Waals surface area contributed by atoms with Gasteiger partial charge in [0.2, 0.25) is 5.82 Å². The zero-order chi connectivity index (χ0) is 16.2. The largest absolute Gasteiger partial charge is 0.480 e. The van der Waals surface area contributed by atoms with Crippen LogP contribution in [0, 0.1) is 15.9 Å². The van der Waals surface area contributed by atoms with Crippen molar-refractivity contribution in [3.63, 3.8) is 0 Å². The number of benzene rings is 1. The van der Waals surface area contributed by atoms with Crippen LogP contribution in [0.25, 0.3) is 0 Å². The molecule has 0 heterocycles. The Morgan fingerprint density at radius 3 is 2.48 bits per heavy atom. The number of carbonyl (C=O) groups is 2. The van der Waals surface area contributed by atoms with E-state index in [2.05, 4.69) is 5.32 Å². The van der Waals surface area contributed by atoms with Gasteiger partial charge in [-0.05, 0) is 13.0 Å². The van der Waals surface area contributed by atoms with Crippen molar-refractivity contribution in [3.8, 4) is 0 Å². The molecular formula is C11H12FN3O6. The lowest BCUT2D eigenvalue weighted by atomic mass is 10.2. The van der Waals surface area contributed by atoms with E-state index in [1.807, 2.05) is 5.32 Å². The number of anilines is 1. The highest BCUT2D eigenvalue weighted by Crippen LogP contribution is 2.20. The summed E-state index contributed by atoms with van der Waals surface area (Å²) in [6, 6.07) is 0.104. The molecule has 10 heteroatoms. The highest BCUT2D eigenvalue weighted by atomic mass is 19.1. The summed E-state index contributed by atoms with van der Waals surface area (Å²) in [5.74, 6) is -2.60. The summed E-state index contributed by atoms with van der Waals surface area (Å²) in [7, 11) is 0. The van der Waals surface area contributed by atoms with Gasteiger partial charge >= 0.3 is 17.7 Å². The lowest BCUT2D eigenvalue weighted by molar-refractivity contribution is -0.387. The molecule has 4 N–H and O–H groups in total. The Labute approximate surface area is 117 Å². The standard InChI is InChI=1S/C11H12FN3O6/c1-5(16)9(10(17)18)14-11(19)13-6-2-3-8(15(20)21)7(12)4-6/h2-5,9,16H,1H3,(H,17,18)(H2,13,14,19). The maximum Gasteiger partial charge on any atom is 0.328 e. The molecule has 2 unspecified atom stereocenters. The predicted molar refractivity (Wildman–Crippen MR) is 68.3 cm³/mol. The van der Waals surface area contributed by atoms with Crippen molar-refractivity contribution in [2.45, 2.75) is 19.1 Å². The minimum Gasteiger partial charge on any atom is -0.480 e. The summed E-state index contributed by atoms with van der Waals surface area (Å²) >= 11 is 0. The Hall–Kier alpha value is -2.75. The molecule has 0 radical (unpaired) electrons. The Kier molecular flexibility index (Phi) is 5.13. The molecule has 114 valence electrons. The monoisotopic (exact) mass is 301 g/mol. The molecule has 9 nitrogen and oxygen atoms in total. The molecule has 0 saturated heterocycles. The first-order valence-corrected chi connectivity index (χ1v) is 5.64. The summed E-state index contributed by atoms with van der Waals surface area (Å²) < 4.78 is 13.3. The number of urea groups is 1. The van der Waals surface area contributed by atoms with Crippen LogP contribution in [0.3, 0.4) is 0 Å². The molecule has 21 heavy (non-hydrogen) atoms. The number of nitrogens with one attached hydrogen (secondary N) is 2. The number of halogens is 1. The van der Waals surface area contributed by atoms with Crippen LogP contribution in [0.5, 0.6) is 0 Å². The van der Waals surface area contributed by atoms with Gasteiger partial charge in [0.05, 0.1) is 11.0 Å². The van der Waals surface area contributed by atoms with Gasteiger partial charge in [0.1, 0.15) is 0 Å². The number of hydrogen-bond acceptors (Lipinski definition) is 5. The molecule has 1 aromatic rings. The molecule has 0 aliphatic carbocycles. The number of carboxylic acids is 1. The van der Waals surface area contributed by atoms with Crippen LogP contribution in [0.2, 0.25) is 0 Å². The van der Waals surface area contributed by atoms with E-state index in [4.69, 9.17) is 5.11 Å². The van der Waals surface area contributed by atoms with E-state index in [0.717, 1.165) is 18.2 Å². The van der Waals surface area contributed by atoms with E-state index in [0.29, 0.717) is 0 Å². The van der Waals surface area contributed by atoms with Gasteiger partial charge in [-0.2, -0.15) is 4.39 Å². The summed E-state index contributed by atoms with van der Waals surface area (Å²) in [6.45, 7) is 1.17. The Balaban J connectivity index is 2.77. The molecule has 0 spiro atoms. The van der Waals surface area contributed by atoms with Gasteiger partial charge in [-0.25, -0.2) is 9.59 Å². The van der Waals surface area contributed by atoms with Crippen molar-refractivity contribution in [1.29, 1.82) is 0 Å². The van der Waals surface area contributed by atoms with Gasteiger partial charge in [-0.1, -0.05) is 0 Å². The van der Waals surface area contributed by atoms with E-state index in [1.54, 1.807) is 0 Å². The number of hydrogen-bond donors (Lipinski definition) is 4. The fourth-order valence-corrected chi connectivity index (χ4v) is 1.43. The fourth-order valence-electron chi connectivity index (χ4n) is 1.43. The van der Waals surface area contributed by atoms with Crippen molar-refractivity contribution < 1.29 is 29.1 Å². The maximum atomic E-state index is 13.3. The Morgan fingerprint density at radius 2 is 2.05 bits per heavy atom. The second kappa shape index (κ2) is 6.61. The van der Waals surface area contributed by atoms with E-state index < -0.39 is 40.6 Å². The summed E-state index contributed by atoms with van der Waals surface area (Å²) in [4.78, 5) is 31.8. The molecule has 0 aliphatic heterocycles. The fraction of sp³-hybridized carbons (Fsp3) is 0.273. The van der Waals surface area contributed by atoms with Gasteiger partial charge in [0, 0.05) is 17.8 Å². The predicted octanol–water partition coefficient (Wildman–Crippen LogP) is 0.689. The van der Waals surface area contributed by atoms with E-state index in [-0.39, 0.29) is 5.69 Å². The number of carbonyl (C=O) groups excluding carboxylic acids is 1. The average molecular weight is 301 g/mol. The molecule has 0 aliphatic rings. The molecule has 0 saturated carbocycles. The number of nitro groups is 1. The van der Waals surface area contributed by atoms with Gasteiger partial charge in [0.15, 0.2) is 6.04 Å². The third-order valence-corrected chi connectivity index (χ3v) is 2.44. The molecule has 0 fully saturated rings. The minimum atomic E-state index is -1.55. The quantitative estimate of drug-likeness (QED) is 0.465. The number of aliphatic hydroxyl groups is 1. The third kappa shape index (κ3) is 4.38. The SMILES string of the molecule is CC(O)C(NC(=O)Nc1ccc([N+](=O)[O-])c(F)c1)C(=O)O. The van der Waals surface area contributed by atoms with Gasteiger partial charge in [0.25, 0.3) is 0 Å². The highest BCUT2D eigenvalue weighted by molar-refractivity contribution is 5.92. The van der Waals surface area contributed by atoms with Crippen LogP contribution in [0.15, 0.2) is 18.2 Å². The topological polar surface area (TPSA) is 142 Å². The number of nitrogens with zero attached hydrogens (tertiary/aromatic N) is 1. The van der Waals surface area contributed by atoms with Crippen LogP contribution in [0.4, 0.5) is 20.6 Å². The Morgan fingerprint density at radius 1 is 1.43 bits per heavy atom. The van der Waals surface area contributed by atoms with Crippen LogP contribution < -0.4 is 10.6 Å². The van der Waals surface area contributed by atoms with Crippen LogP contribution in [-0.4, -0.2) is 39.3 Å². The summed E-state index contributed by atoms with van der Waals surface area (Å²) in [6.07, 6.45) is -1.35. The second-order valence-electron chi connectivity index (χ2n) is 4.08. The first kappa shape index (κ1) is 16.3. The minimum absolute atomic E-state index is 0.106. The number of aliphatic carboxylic acids is 1. The number of rotatable bonds is 5. The molecule has 2 atom stereocenters. The molecule has 0 aromatic heterocycles. The van der Waals surface area contributed by atoms with E-state index in [1.165, 1.54) is 6.92 Å². The lowest BCUT2D eigenvalue weighted by Crippen LogP contribution is -2.49.